The Labute approximate surface area is 173 Å². The monoisotopic (exact) mass is 412 g/mol. The molecule has 0 aliphatic heterocycles. The van der Waals surface area contributed by atoms with Gasteiger partial charge >= 0.3 is 5.97 Å². The lowest BCUT2D eigenvalue weighted by molar-refractivity contribution is -0.141. The predicted molar refractivity (Wildman–Crippen MR) is 113 cm³/mol. The number of hydrogen-bond acceptors (Lipinski definition) is 5. The van der Waals surface area contributed by atoms with E-state index in [2.05, 4.69) is 11.9 Å². The van der Waals surface area contributed by atoms with E-state index in [1.54, 1.807) is 22.8 Å². The number of unbranched alkanes of at least 4 members (excludes halogenated alkanes) is 1. The summed E-state index contributed by atoms with van der Waals surface area (Å²) in [6, 6.07) is 12.9. The number of ether oxygens (including phenoxy) is 2. The molecule has 0 unspecified atom stereocenters. The molecule has 0 aliphatic rings. The zero-order chi connectivity index (χ0) is 20.8. The highest BCUT2D eigenvalue weighted by Gasteiger charge is 2.14. The number of carbonyl (C=O) groups excluding carboxylic acids is 2. The van der Waals surface area contributed by atoms with Crippen molar-refractivity contribution in [1.82, 2.24) is 4.57 Å². The van der Waals surface area contributed by atoms with Crippen LogP contribution >= 0.6 is 11.3 Å². The highest BCUT2D eigenvalue weighted by atomic mass is 32.1. The number of fused-ring (bicyclic) bond motifs is 1. The van der Waals surface area contributed by atoms with Crippen LogP contribution in [0.25, 0.3) is 10.2 Å². The number of amides is 1. The van der Waals surface area contributed by atoms with Crippen molar-refractivity contribution in [2.75, 3.05) is 13.7 Å². The smallest absolute Gasteiger partial charge is 0.325 e. The van der Waals surface area contributed by atoms with Gasteiger partial charge < -0.3 is 14.0 Å². The summed E-state index contributed by atoms with van der Waals surface area (Å²) in [5.74, 6) is -0.129. The van der Waals surface area contributed by atoms with Crippen molar-refractivity contribution in [3.8, 4) is 5.75 Å². The van der Waals surface area contributed by atoms with Gasteiger partial charge in [0.05, 0.1) is 23.9 Å². The number of esters is 1. The van der Waals surface area contributed by atoms with Gasteiger partial charge in [0.25, 0.3) is 5.91 Å². The lowest BCUT2D eigenvalue weighted by Gasteiger charge is -2.06. The highest BCUT2D eigenvalue weighted by molar-refractivity contribution is 7.16. The van der Waals surface area contributed by atoms with Crippen molar-refractivity contribution in [2.45, 2.75) is 33.2 Å². The molecule has 1 heterocycles. The lowest BCUT2D eigenvalue weighted by atomic mass is 10.2. The minimum Gasteiger partial charge on any atom is -0.494 e. The molecule has 2 aromatic carbocycles. The summed E-state index contributed by atoms with van der Waals surface area (Å²) in [5.41, 5.74) is 2.33. The molecule has 3 aromatic rings. The number of methoxy groups -OCH3 is 1. The molecule has 0 spiro atoms. The minimum atomic E-state index is -0.395. The maximum Gasteiger partial charge on any atom is 0.325 e. The van der Waals surface area contributed by atoms with E-state index in [1.165, 1.54) is 18.4 Å². The second-order valence-electron chi connectivity index (χ2n) is 6.62. The minimum absolute atomic E-state index is 0.00631. The third-order valence-corrected chi connectivity index (χ3v) is 5.51. The summed E-state index contributed by atoms with van der Waals surface area (Å²) in [4.78, 5) is 29.5. The number of aromatic nitrogens is 1. The average Bonchev–Trinajstić information content (AvgIpc) is 3.06. The molecular weight excluding hydrogens is 388 g/mol. The van der Waals surface area contributed by atoms with Gasteiger partial charge in [-0.25, -0.2) is 0 Å². The van der Waals surface area contributed by atoms with Crippen LogP contribution < -0.4 is 9.54 Å². The first kappa shape index (κ1) is 20.8. The van der Waals surface area contributed by atoms with Gasteiger partial charge in [-0.1, -0.05) is 42.9 Å². The maximum absolute atomic E-state index is 12.8. The number of nitrogens with zero attached hydrogens (tertiary/aromatic N) is 2. The first-order valence-corrected chi connectivity index (χ1v) is 10.3. The lowest BCUT2D eigenvalue weighted by Crippen LogP contribution is -2.22. The van der Waals surface area contributed by atoms with E-state index >= 15 is 0 Å². The van der Waals surface area contributed by atoms with Crippen LogP contribution in [-0.4, -0.2) is 30.2 Å². The Kier molecular flexibility index (Phi) is 6.82. The van der Waals surface area contributed by atoms with Gasteiger partial charge in [-0.15, -0.1) is 0 Å². The fourth-order valence-corrected chi connectivity index (χ4v) is 4.04. The second kappa shape index (κ2) is 9.52. The first-order valence-electron chi connectivity index (χ1n) is 9.51. The van der Waals surface area contributed by atoms with E-state index in [1.807, 2.05) is 31.2 Å². The Bertz CT molecular complexity index is 1100. The normalized spacial score (nSPS) is 11.6. The third-order valence-electron chi connectivity index (χ3n) is 4.46. The van der Waals surface area contributed by atoms with Crippen molar-refractivity contribution in [1.29, 1.82) is 0 Å². The Balaban J connectivity index is 2.00. The van der Waals surface area contributed by atoms with E-state index in [0.717, 1.165) is 28.6 Å². The van der Waals surface area contributed by atoms with Gasteiger partial charge in [-0.05, 0) is 43.2 Å². The Morgan fingerprint density at radius 3 is 2.72 bits per heavy atom. The van der Waals surface area contributed by atoms with E-state index in [4.69, 9.17) is 9.47 Å². The summed E-state index contributed by atoms with van der Waals surface area (Å²) in [5, 5.41) is 0. The fraction of sp³-hybridized carbons (Fsp3) is 0.318. The third kappa shape index (κ3) is 4.92. The van der Waals surface area contributed by atoms with Crippen LogP contribution in [0.1, 0.15) is 35.7 Å². The fourth-order valence-electron chi connectivity index (χ4n) is 2.94. The molecule has 0 radical (unpaired) electrons. The molecule has 0 N–H and O–H groups in total. The summed E-state index contributed by atoms with van der Waals surface area (Å²) < 4.78 is 13.2. The van der Waals surface area contributed by atoms with Gasteiger partial charge in [0.2, 0.25) is 0 Å². The molecule has 0 bridgehead atoms. The van der Waals surface area contributed by atoms with Crippen LogP contribution in [-0.2, 0) is 16.1 Å². The maximum atomic E-state index is 12.8. The van der Waals surface area contributed by atoms with Crippen molar-refractivity contribution in [2.24, 2.45) is 4.99 Å². The van der Waals surface area contributed by atoms with Gasteiger partial charge in [0.15, 0.2) is 4.80 Å². The van der Waals surface area contributed by atoms with Crippen molar-refractivity contribution in [3.05, 3.63) is 58.4 Å². The van der Waals surface area contributed by atoms with Crippen molar-refractivity contribution >= 4 is 33.4 Å². The quantitative estimate of drug-likeness (QED) is 0.433. The van der Waals surface area contributed by atoms with Crippen LogP contribution in [0.2, 0.25) is 0 Å². The van der Waals surface area contributed by atoms with Gasteiger partial charge in [-0.2, -0.15) is 4.99 Å². The number of aryl methyl sites for hydroxylation is 1. The molecule has 29 heavy (non-hydrogen) atoms. The zero-order valence-electron chi connectivity index (χ0n) is 16.8. The van der Waals surface area contributed by atoms with Crippen LogP contribution in [0.4, 0.5) is 0 Å². The van der Waals surface area contributed by atoms with E-state index in [9.17, 15) is 9.59 Å². The molecule has 1 amide bonds. The molecule has 1 aromatic heterocycles. The summed E-state index contributed by atoms with van der Waals surface area (Å²) in [7, 11) is 1.34. The number of para-hydroxylation sites is 1. The number of rotatable bonds is 7. The Hall–Kier alpha value is -2.93. The largest absolute Gasteiger partial charge is 0.494 e. The molecule has 0 atom stereocenters. The van der Waals surface area contributed by atoms with Crippen molar-refractivity contribution < 1.29 is 19.1 Å². The van der Waals surface area contributed by atoms with Crippen LogP contribution in [0.3, 0.4) is 0 Å². The molecule has 152 valence electrons. The molecule has 3 rings (SSSR count). The van der Waals surface area contributed by atoms with E-state index < -0.39 is 5.97 Å². The molecule has 0 fully saturated rings. The second-order valence-corrected chi connectivity index (χ2v) is 7.62. The van der Waals surface area contributed by atoms with Crippen LogP contribution in [0.15, 0.2) is 47.5 Å². The van der Waals surface area contributed by atoms with E-state index in [0.29, 0.717) is 22.7 Å². The molecule has 6 nitrogen and oxygen atoms in total. The number of hydrogen-bond donors (Lipinski definition) is 0. The van der Waals surface area contributed by atoms with E-state index in [-0.39, 0.29) is 12.5 Å². The van der Waals surface area contributed by atoms with Crippen molar-refractivity contribution in [3.63, 3.8) is 0 Å². The number of carbonyl (C=O) groups is 2. The Morgan fingerprint density at radius 2 is 1.97 bits per heavy atom. The number of benzene rings is 2. The Morgan fingerprint density at radius 1 is 1.17 bits per heavy atom. The predicted octanol–water partition coefficient (Wildman–Crippen LogP) is 4.10. The van der Waals surface area contributed by atoms with Crippen LogP contribution in [0, 0.1) is 6.92 Å². The number of thiazole rings is 1. The van der Waals surface area contributed by atoms with Gasteiger partial charge in [0.1, 0.15) is 12.3 Å². The summed E-state index contributed by atoms with van der Waals surface area (Å²) >= 11 is 1.37. The molecular formula is C22H24N2O4S. The standard InChI is InChI=1S/C22H24N2O4S/c1-4-5-12-28-17-10-7-9-16(13-17)21(26)23-22-24(14-19(25)27-3)20-15(2)8-6-11-18(20)29-22/h6-11,13H,4-5,12,14H2,1-3H3. The topological polar surface area (TPSA) is 69.9 Å². The van der Waals surface area contributed by atoms with Crippen LogP contribution in [0.5, 0.6) is 5.75 Å². The van der Waals surface area contributed by atoms with Gasteiger partial charge in [-0.3, -0.25) is 9.59 Å². The summed E-state index contributed by atoms with van der Waals surface area (Å²) in [6.45, 7) is 4.66. The molecule has 0 aliphatic carbocycles. The first-order chi connectivity index (χ1) is 14.0. The zero-order valence-corrected chi connectivity index (χ0v) is 17.6. The van der Waals surface area contributed by atoms with Gasteiger partial charge in [0, 0.05) is 5.56 Å². The average molecular weight is 413 g/mol. The molecule has 0 saturated heterocycles. The molecule has 7 heteroatoms. The molecule has 0 saturated carbocycles. The summed E-state index contributed by atoms with van der Waals surface area (Å²) in [6.07, 6.45) is 2.00. The highest BCUT2D eigenvalue weighted by Crippen LogP contribution is 2.21. The SMILES string of the molecule is CCCCOc1cccc(C(=O)N=c2sc3cccc(C)c3n2CC(=O)OC)c1.